The zero-order chi connectivity index (χ0) is 14.4. The monoisotopic (exact) mass is 278 g/mol. The summed E-state index contributed by atoms with van der Waals surface area (Å²) in [6.45, 7) is 9.99. The summed E-state index contributed by atoms with van der Waals surface area (Å²) in [6, 6.07) is 0. The number of fused-ring (bicyclic) bond motifs is 1. The first-order valence-electron chi connectivity index (χ1n) is 6.88. The van der Waals surface area contributed by atoms with E-state index in [1.807, 2.05) is 0 Å². The number of esters is 1. The molecule has 0 aromatic carbocycles. The lowest BCUT2D eigenvalue weighted by Gasteiger charge is -2.22. The van der Waals surface area contributed by atoms with Crippen molar-refractivity contribution in [3.8, 4) is 0 Å². The van der Waals surface area contributed by atoms with E-state index in [0.29, 0.717) is 0 Å². The van der Waals surface area contributed by atoms with Crippen LogP contribution in [0.5, 0.6) is 0 Å². The van der Waals surface area contributed by atoms with Gasteiger partial charge in [0.1, 0.15) is 0 Å². The van der Waals surface area contributed by atoms with Crippen molar-refractivity contribution in [2.24, 2.45) is 0 Å². The minimum atomic E-state index is -1.71. The van der Waals surface area contributed by atoms with Crippen LogP contribution in [0.1, 0.15) is 33.1 Å². The Balaban J connectivity index is 2.56. The van der Waals surface area contributed by atoms with Crippen LogP contribution in [0.25, 0.3) is 0 Å². The maximum Gasteiger partial charge on any atom is 0.303 e. The van der Waals surface area contributed by atoms with Crippen LogP contribution in [0, 0.1) is 0 Å². The molecule has 2 aliphatic carbocycles. The van der Waals surface area contributed by atoms with Gasteiger partial charge in [-0.2, -0.15) is 0 Å². The van der Waals surface area contributed by atoms with E-state index in [0.717, 1.165) is 30.0 Å². The number of allylic oxidation sites excluding steroid dienone is 1. The lowest BCUT2D eigenvalue weighted by molar-refractivity contribution is -0.148. The van der Waals surface area contributed by atoms with E-state index in [2.05, 4.69) is 26.6 Å². The van der Waals surface area contributed by atoms with Crippen LogP contribution >= 0.6 is 0 Å². The van der Waals surface area contributed by atoms with Gasteiger partial charge in [-0.3, -0.25) is 9.59 Å². The molecule has 0 amide bonds. The molecule has 0 spiro atoms. The Bertz CT molecular complexity index is 506. The predicted octanol–water partition coefficient (Wildman–Crippen LogP) is 3.18. The molecule has 0 heterocycles. The van der Waals surface area contributed by atoms with Crippen LogP contribution in [0.2, 0.25) is 19.6 Å². The van der Waals surface area contributed by atoms with E-state index < -0.39 is 14.2 Å². The average Bonchev–Trinajstić information content (AvgIpc) is 2.51. The third-order valence-corrected chi connectivity index (χ3v) is 5.89. The molecule has 0 bridgehead atoms. The summed E-state index contributed by atoms with van der Waals surface area (Å²) in [5.41, 5.74) is 3.43. The van der Waals surface area contributed by atoms with E-state index in [4.69, 9.17) is 4.74 Å². The third-order valence-electron chi connectivity index (χ3n) is 3.85. The van der Waals surface area contributed by atoms with Crippen LogP contribution in [-0.2, 0) is 14.3 Å². The second-order valence-corrected chi connectivity index (χ2v) is 11.5. The van der Waals surface area contributed by atoms with Gasteiger partial charge in [-0.15, -0.1) is 0 Å². The minimum Gasteiger partial charge on any atom is -0.449 e. The number of carbonyl (C=O) groups excluding carboxylic acids is 2. The summed E-state index contributed by atoms with van der Waals surface area (Å²) in [5, 5.41) is 0.993. The summed E-state index contributed by atoms with van der Waals surface area (Å²) >= 11 is 0. The maximum atomic E-state index is 12.7. The molecule has 0 fully saturated rings. The van der Waals surface area contributed by atoms with E-state index in [1.165, 1.54) is 18.1 Å². The van der Waals surface area contributed by atoms with Gasteiger partial charge < -0.3 is 4.74 Å². The topological polar surface area (TPSA) is 43.4 Å². The Labute approximate surface area is 115 Å². The van der Waals surface area contributed by atoms with Crippen LogP contribution in [-0.4, -0.2) is 25.9 Å². The Kier molecular flexibility index (Phi) is 3.56. The highest BCUT2D eigenvalue weighted by Crippen LogP contribution is 2.43. The molecule has 2 aliphatic rings. The Morgan fingerprint density at radius 3 is 2.42 bits per heavy atom. The standard InChI is InChI=1S/C15H22O3Si/c1-9-7-6-8-11-12(9)14(18-10(2)16)13(17)15(11)19(3,4)5/h14H,6-8H2,1-5H3. The highest BCUT2D eigenvalue weighted by atomic mass is 28.3. The Morgan fingerprint density at radius 1 is 1.26 bits per heavy atom. The summed E-state index contributed by atoms with van der Waals surface area (Å²) in [4.78, 5) is 23.9. The molecule has 2 rings (SSSR count). The number of Topliss-reactive ketones (excluding diaryl/α,β-unsaturated/α-hetero) is 1. The zero-order valence-corrected chi connectivity index (χ0v) is 13.4. The molecule has 0 N–H and O–H groups in total. The lowest BCUT2D eigenvalue weighted by atomic mass is 9.89. The van der Waals surface area contributed by atoms with Gasteiger partial charge in [-0.25, -0.2) is 0 Å². The first-order chi connectivity index (χ1) is 8.73. The molecule has 0 aromatic heterocycles. The van der Waals surface area contributed by atoms with Gasteiger partial charge in [0, 0.05) is 12.5 Å². The van der Waals surface area contributed by atoms with E-state index in [-0.39, 0.29) is 11.8 Å². The van der Waals surface area contributed by atoms with E-state index in [1.54, 1.807) is 0 Å². The number of ether oxygens (including phenoxy) is 1. The van der Waals surface area contributed by atoms with E-state index in [9.17, 15) is 9.59 Å². The van der Waals surface area contributed by atoms with Gasteiger partial charge in [-0.05, 0) is 37.0 Å². The van der Waals surface area contributed by atoms with E-state index >= 15 is 0 Å². The smallest absolute Gasteiger partial charge is 0.303 e. The summed E-state index contributed by atoms with van der Waals surface area (Å²) < 4.78 is 5.32. The molecule has 0 saturated heterocycles. The van der Waals surface area contributed by atoms with Gasteiger partial charge >= 0.3 is 5.97 Å². The quantitative estimate of drug-likeness (QED) is 0.575. The number of hydrogen-bond acceptors (Lipinski definition) is 3. The summed E-state index contributed by atoms with van der Waals surface area (Å²) in [6.07, 6.45) is 2.40. The molecule has 3 nitrogen and oxygen atoms in total. The van der Waals surface area contributed by atoms with Gasteiger partial charge in [0.05, 0.1) is 8.07 Å². The summed E-state index contributed by atoms with van der Waals surface area (Å²) in [5.74, 6) is -0.332. The van der Waals surface area contributed by atoms with Crippen molar-refractivity contribution in [3.05, 3.63) is 21.9 Å². The largest absolute Gasteiger partial charge is 0.449 e. The summed E-state index contributed by atoms with van der Waals surface area (Å²) in [7, 11) is -1.71. The average molecular weight is 278 g/mol. The molecule has 0 saturated carbocycles. The predicted molar refractivity (Wildman–Crippen MR) is 77.5 cm³/mol. The Hall–Kier alpha value is -1.16. The molecular weight excluding hydrogens is 256 g/mol. The second kappa shape index (κ2) is 4.74. The first kappa shape index (κ1) is 14.3. The highest BCUT2D eigenvalue weighted by molar-refractivity contribution is 6.88. The van der Waals surface area contributed by atoms with Crippen molar-refractivity contribution in [1.29, 1.82) is 0 Å². The fourth-order valence-electron chi connectivity index (χ4n) is 3.21. The van der Waals surface area contributed by atoms with Crippen LogP contribution in [0.3, 0.4) is 0 Å². The van der Waals surface area contributed by atoms with Gasteiger partial charge in [0.25, 0.3) is 0 Å². The Morgan fingerprint density at radius 2 is 1.89 bits per heavy atom. The molecule has 0 aromatic rings. The molecule has 0 aliphatic heterocycles. The minimum absolute atomic E-state index is 0.0422. The van der Waals surface area contributed by atoms with Crippen LogP contribution in [0.4, 0.5) is 0 Å². The first-order valence-corrected chi connectivity index (χ1v) is 10.4. The molecule has 104 valence electrons. The second-order valence-electron chi connectivity index (χ2n) is 6.50. The lowest BCUT2D eigenvalue weighted by Crippen LogP contribution is -2.33. The zero-order valence-electron chi connectivity index (χ0n) is 12.4. The molecular formula is C15H22O3Si. The number of carbonyl (C=O) groups is 2. The number of hydrogen-bond donors (Lipinski definition) is 0. The molecule has 0 radical (unpaired) electrons. The normalized spacial score (nSPS) is 23.8. The van der Waals surface area contributed by atoms with Crippen LogP contribution in [0.15, 0.2) is 21.9 Å². The molecule has 1 unspecified atom stereocenters. The number of rotatable bonds is 2. The molecule has 1 atom stereocenters. The highest BCUT2D eigenvalue weighted by Gasteiger charge is 2.45. The SMILES string of the molecule is CC(=O)OC1C(=O)C([Si](C)(C)C)=C2CCCC(C)=C21. The van der Waals surface area contributed by atoms with Crippen molar-refractivity contribution in [3.63, 3.8) is 0 Å². The van der Waals surface area contributed by atoms with Crippen molar-refractivity contribution in [1.82, 2.24) is 0 Å². The van der Waals surface area contributed by atoms with Crippen LogP contribution < -0.4 is 0 Å². The molecule has 19 heavy (non-hydrogen) atoms. The number of ketones is 1. The van der Waals surface area contributed by atoms with Crippen molar-refractivity contribution in [2.75, 3.05) is 0 Å². The van der Waals surface area contributed by atoms with Gasteiger partial charge in [-0.1, -0.05) is 25.2 Å². The van der Waals surface area contributed by atoms with Crippen molar-refractivity contribution >= 4 is 19.8 Å². The van der Waals surface area contributed by atoms with Gasteiger partial charge in [0.2, 0.25) is 0 Å². The molecule has 4 heteroatoms. The third kappa shape index (κ3) is 2.46. The fourth-order valence-corrected chi connectivity index (χ4v) is 5.25. The van der Waals surface area contributed by atoms with Crippen molar-refractivity contribution < 1.29 is 14.3 Å². The fraction of sp³-hybridized carbons (Fsp3) is 0.600. The van der Waals surface area contributed by atoms with Gasteiger partial charge in [0.15, 0.2) is 11.9 Å². The van der Waals surface area contributed by atoms with Crippen molar-refractivity contribution in [2.45, 2.75) is 58.9 Å². The maximum absolute atomic E-state index is 12.7.